The number of imidazole rings is 1. The average Bonchev–Trinajstić information content (AvgIpc) is 3.12. The third-order valence-electron chi connectivity index (χ3n) is 4.19. The molecule has 0 radical (unpaired) electrons. The van der Waals surface area contributed by atoms with E-state index in [1.807, 2.05) is 35.8 Å². The molecule has 1 N–H and O–H groups in total. The molecule has 2 aromatic heterocycles. The first-order valence-corrected chi connectivity index (χ1v) is 9.15. The fourth-order valence-electron chi connectivity index (χ4n) is 2.89. The molecule has 0 unspecified atom stereocenters. The molecule has 26 heavy (non-hydrogen) atoms. The number of nitrogens with one attached hydrogen (secondary N) is 1. The number of para-hydroxylation sites is 1. The predicted octanol–water partition coefficient (Wildman–Crippen LogP) is 6.35. The number of nitrogens with zero attached hydrogens (tertiary/aromatic N) is 2. The van der Waals surface area contributed by atoms with E-state index >= 15 is 0 Å². The molecule has 3 nitrogen and oxygen atoms in total. The summed E-state index contributed by atoms with van der Waals surface area (Å²) in [5, 5.41) is 5.84. The minimum Gasteiger partial charge on any atom is -0.338 e. The quantitative estimate of drug-likeness (QED) is 0.442. The van der Waals surface area contributed by atoms with E-state index in [0.717, 1.165) is 23.0 Å². The van der Waals surface area contributed by atoms with Crippen LogP contribution in [0, 0.1) is 25.5 Å². The smallest absolute Gasteiger partial charge is 0.196 e. The number of thiazole rings is 1. The summed E-state index contributed by atoms with van der Waals surface area (Å²) >= 11 is 7.80. The lowest BCUT2D eigenvalue weighted by Gasteiger charge is -2.13. The molecule has 0 spiro atoms. The largest absolute Gasteiger partial charge is 0.338 e. The van der Waals surface area contributed by atoms with Crippen molar-refractivity contribution in [3.05, 3.63) is 69.7 Å². The van der Waals surface area contributed by atoms with Crippen molar-refractivity contribution in [3.8, 4) is 11.3 Å². The van der Waals surface area contributed by atoms with Gasteiger partial charge >= 0.3 is 0 Å². The molecule has 0 bridgehead atoms. The van der Waals surface area contributed by atoms with E-state index in [1.54, 1.807) is 6.07 Å². The average molecular weight is 390 g/mol. The Hall–Kier alpha value is -2.44. The molecule has 4 rings (SSSR count). The standard InChI is InChI=1S/C19H14ClF2N3S/c1-10-4-3-5-14(20)16(10)23-18-17(13-7-6-12(21)8-15(13)22)24-19-25(18)11(2)9-26-19/h3-9,23H,1-2H3. The zero-order chi connectivity index (χ0) is 18.4. The number of hydrogen-bond acceptors (Lipinski definition) is 3. The second kappa shape index (κ2) is 6.37. The van der Waals surface area contributed by atoms with Crippen molar-refractivity contribution in [2.45, 2.75) is 13.8 Å². The summed E-state index contributed by atoms with van der Waals surface area (Å²) in [6.45, 7) is 3.88. The first kappa shape index (κ1) is 17.0. The van der Waals surface area contributed by atoms with Gasteiger partial charge in [0.1, 0.15) is 23.1 Å². The minimum absolute atomic E-state index is 0.230. The van der Waals surface area contributed by atoms with E-state index in [1.165, 1.54) is 23.5 Å². The lowest BCUT2D eigenvalue weighted by Crippen LogP contribution is -2.00. The summed E-state index contributed by atoms with van der Waals surface area (Å²) in [5.41, 5.74) is 3.28. The van der Waals surface area contributed by atoms with Crippen LogP contribution in [0.4, 0.5) is 20.3 Å². The summed E-state index contributed by atoms with van der Waals surface area (Å²) in [6.07, 6.45) is 0. The molecule has 0 aliphatic rings. The SMILES string of the molecule is Cc1cccc(Cl)c1Nc1c(-c2ccc(F)cc2F)nc2scc(C)n12. The Labute approximate surface area is 157 Å². The van der Waals surface area contributed by atoms with Crippen molar-refractivity contribution in [2.75, 3.05) is 5.32 Å². The predicted molar refractivity (Wildman–Crippen MR) is 103 cm³/mol. The Balaban J connectivity index is 1.96. The first-order valence-electron chi connectivity index (χ1n) is 7.90. The maximum absolute atomic E-state index is 14.4. The Kier molecular flexibility index (Phi) is 4.17. The van der Waals surface area contributed by atoms with E-state index in [9.17, 15) is 8.78 Å². The van der Waals surface area contributed by atoms with E-state index in [4.69, 9.17) is 11.6 Å². The van der Waals surface area contributed by atoms with Gasteiger partial charge in [-0.2, -0.15) is 0 Å². The molecular weight excluding hydrogens is 376 g/mol. The lowest BCUT2D eigenvalue weighted by molar-refractivity contribution is 0.585. The molecule has 0 saturated carbocycles. The second-order valence-electron chi connectivity index (χ2n) is 5.98. The van der Waals surface area contributed by atoms with Crippen LogP contribution in [0.3, 0.4) is 0 Å². The second-order valence-corrected chi connectivity index (χ2v) is 7.23. The van der Waals surface area contributed by atoms with Crippen LogP contribution in [-0.2, 0) is 0 Å². The Bertz CT molecular complexity index is 1110. The molecule has 0 atom stereocenters. The van der Waals surface area contributed by atoms with Crippen LogP contribution in [0.2, 0.25) is 5.02 Å². The van der Waals surface area contributed by atoms with Crippen LogP contribution in [-0.4, -0.2) is 9.38 Å². The monoisotopic (exact) mass is 389 g/mol. The van der Waals surface area contributed by atoms with Gasteiger partial charge in [-0.3, -0.25) is 4.40 Å². The fraction of sp³-hybridized carbons (Fsp3) is 0.105. The zero-order valence-electron chi connectivity index (χ0n) is 14.0. The van der Waals surface area contributed by atoms with Gasteiger partial charge < -0.3 is 5.32 Å². The van der Waals surface area contributed by atoms with Gasteiger partial charge in [-0.15, -0.1) is 11.3 Å². The highest BCUT2D eigenvalue weighted by molar-refractivity contribution is 7.15. The van der Waals surface area contributed by atoms with Crippen molar-refractivity contribution in [1.29, 1.82) is 0 Å². The molecule has 2 aromatic carbocycles. The topological polar surface area (TPSA) is 29.3 Å². The summed E-state index contributed by atoms with van der Waals surface area (Å²) in [7, 11) is 0. The molecule has 0 aliphatic carbocycles. The maximum atomic E-state index is 14.4. The van der Waals surface area contributed by atoms with E-state index < -0.39 is 11.6 Å². The maximum Gasteiger partial charge on any atom is 0.196 e. The molecule has 4 aromatic rings. The van der Waals surface area contributed by atoms with Gasteiger partial charge in [-0.1, -0.05) is 23.7 Å². The third-order valence-corrected chi connectivity index (χ3v) is 5.44. The Morgan fingerprint density at radius 1 is 1.15 bits per heavy atom. The Morgan fingerprint density at radius 3 is 2.69 bits per heavy atom. The number of anilines is 2. The van der Waals surface area contributed by atoms with E-state index in [2.05, 4.69) is 10.3 Å². The summed E-state index contributed by atoms with van der Waals surface area (Å²) in [4.78, 5) is 5.28. The molecule has 0 amide bonds. The van der Waals surface area contributed by atoms with E-state index in [0.29, 0.717) is 21.5 Å². The highest BCUT2D eigenvalue weighted by Gasteiger charge is 2.21. The number of halogens is 3. The molecule has 7 heteroatoms. The van der Waals surface area contributed by atoms with Crippen molar-refractivity contribution < 1.29 is 8.78 Å². The van der Waals surface area contributed by atoms with Gasteiger partial charge in [0.05, 0.1) is 10.7 Å². The number of aryl methyl sites for hydroxylation is 2. The van der Waals surface area contributed by atoms with Gasteiger partial charge in [0.2, 0.25) is 0 Å². The van der Waals surface area contributed by atoms with Crippen LogP contribution in [0.25, 0.3) is 16.2 Å². The van der Waals surface area contributed by atoms with Crippen LogP contribution in [0.15, 0.2) is 41.8 Å². The minimum atomic E-state index is -0.660. The van der Waals surface area contributed by atoms with Crippen LogP contribution < -0.4 is 5.32 Å². The van der Waals surface area contributed by atoms with Crippen molar-refractivity contribution in [1.82, 2.24) is 9.38 Å². The summed E-state index contributed by atoms with van der Waals surface area (Å²) in [6, 6.07) is 9.07. The number of fused-ring (bicyclic) bond motifs is 1. The van der Waals surface area contributed by atoms with E-state index in [-0.39, 0.29) is 5.56 Å². The Morgan fingerprint density at radius 2 is 1.96 bits per heavy atom. The van der Waals surface area contributed by atoms with Crippen molar-refractivity contribution in [3.63, 3.8) is 0 Å². The van der Waals surface area contributed by atoms with Crippen molar-refractivity contribution in [2.24, 2.45) is 0 Å². The lowest BCUT2D eigenvalue weighted by atomic mass is 10.1. The number of hydrogen-bond donors (Lipinski definition) is 1. The molecule has 132 valence electrons. The van der Waals surface area contributed by atoms with Gasteiger partial charge in [0, 0.05) is 22.7 Å². The van der Waals surface area contributed by atoms with Gasteiger partial charge in [0.15, 0.2) is 4.96 Å². The molecule has 0 aliphatic heterocycles. The zero-order valence-corrected chi connectivity index (χ0v) is 15.6. The first-order chi connectivity index (χ1) is 12.5. The third kappa shape index (κ3) is 2.75. The highest BCUT2D eigenvalue weighted by Crippen LogP contribution is 2.37. The van der Waals surface area contributed by atoms with Crippen LogP contribution in [0.1, 0.15) is 11.3 Å². The van der Waals surface area contributed by atoms with Gasteiger partial charge in [0.25, 0.3) is 0 Å². The molecule has 2 heterocycles. The van der Waals surface area contributed by atoms with Gasteiger partial charge in [-0.05, 0) is 37.6 Å². The molecule has 0 saturated heterocycles. The normalized spacial score (nSPS) is 11.3. The van der Waals surface area contributed by atoms with Crippen LogP contribution in [0.5, 0.6) is 0 Å². The number of aromatic nitrogens is 2. The van der Waals surface area contributed by atoms with Gasteiger partial charge in [-0.25, -0.2) is 13.8 Å². The molecule has 0 fully saturated rings. The van der Waals surface area contributed by atoms with Crippen LogP contribution >= 0.6 is 22.9 Å². The molecular formula is C19H14ClF2N3S. The number of rotatable bonds is 3. The highest BCUT2D eigenvalue weighted by atomic mass is 35.5. The fourth-order valence-corrected chi connectivity index (χ4v) is 4.03. The summed E-state index contributed by atoms with van der Waals surface area (Å²) in [5.74, 6) is -0.687. The number of benzene rings is 2. The summed E-state index contributed by atoms with van der Waals surface area (Å²) < 4.78 is 29.6. The van der Waals surface area contributed by atoms with Crippen molar-refractivity contribution >= 4 is 39.4 Å².